The van der Waals surface area contributed by atoms with Crippen molar-refractivity contribution in [1.29, 1.82) is 0 Å². The average molecular weight is 359 g/mol. The molecular weight excluding hydrogens is 324 g/mol. The Bertz CT molecular complexity index is 635. The molecule has 0 fully saturated rings. The predicted molar refractivity (Wildman–Crippen MR) is 109 cm³/mol. The molecule has 0 saturated carbocycles. The summed E-state index contributed by atoms with van der Waals surface area (Å²) in [6.07, 6.45) is 10.7. The van der Waals surface area contributed by atoms with Crippen molar-refractivity contribution in [3.05, 3.63) is 23.7 Å². The molecular formula is C22H34O2Si. The van der Waals surface area contributed by atoms with Gasteiger partial charge in [-0.1, -0.05) is 65.2 Å². The zero-order chi connectivity index (χ0) is 17.9. The van der Waals surface area contributed by atoms with Gasteiger partial charge >= 0.3 is 0 Å². The van der Waals surface area contributed by atoms with Crippen molar-refractivity contribution in [2.75, 3.05) is 0 Å². The van der Waals surface area contributed by atoms with Crippen LogP contribution in [0.3, 0.4) is 0 Å². The third-order valence-corrected chi connectivity index (χ3v) is 11.1. The van der Waals surface area contributed by atoms with Gasteiger partial charge in [-0.3, -0.25) is 0 Å². The SMILES string of the molecule is CCCCCC[Si]1(CCCCCC)c2cc(C)oc2-c2oc(C)cc21. The summed E-state index contributed by atoms with van der Waals surface area (Å²) < 4.78 is 12.2. The van der Waals surface area contributed by atoms with E-state index in [0.29, 0.717) is 0 Å². The van der Waals surface area contributed by atoms with Crippen LogP contribution in [0.1, 0.15) is 76.7 Å². The molecule has 1 aliphatic rings. The van der Waals surface area contributed by atoms with E-state index < -0.39 is 8.07 Å². The van der Waals surface area contributed by atoms with E-state index in [2.05, 4.69) is 39.8 Å². The van der Waals surface area contributed by atoms with Gasteiger partial charge in [0.1, 0.15) is 19.6 Å². The van der Waals surface area contributed by atoms with Crippen LogP contribution in [-0.4, -0.2) is 8.07 Å². The van der Waals surface area contributed by atoms with Crippen molar-refractivity contribution in [3.63, 3.8) is 0 Å². The molecule has 1 aliphatic heterocycles. The minimum absolute atomic E-state index is 1.05. The zero-order valence-electron chi connectivity index (χ0n) is 16.5. The second-order valence-electron chi connectivity index (χ2n) is 7.90. The summed E-state index contributed by atoms with van der Waals surface area (Å²) in [6, 6.07) is 7.40. The van der Waals surface area contributed by atoms with Gasteiger partial charge < -0.3 is 8.83 Å². The molecule has 25 heavy (non-hydrogen) atoms. The Morgan fingerprint density at radius 3 is 1.52 bits per heavy atom. The van der Waals surface area contributed by atoms with Crippen LogP contribution in [0.15, 0.2) is 21.0 Å². The van der Waals surface area contributed by atoms with E-state index in [1.807, 2.05) is 0 Å². The molecule has 138 valence electrons. The summed E-state index contributed by atoms with van der Waals surface area (Å²) in [5.41, 5.74) is 0. The van der Waals surface area contributed by atoms with E-state index in [-0.39, 0.29) is 0 Å². The topological polar surface area (TPSA) is 26.3 Å². The van der Waals surface area contributed by atoms with Crippen molar-refractivity contribution in [3.8, 4) is 11.5 Å². The predicted octanol–water partition coefficient (Wildman–Crippen LogP) is 6.19. The second kappa shape index (κ2) is 7.99. The highest BCUT2D eigenvalue weighted by Crippen LogP contribution is 2.38. The molecule has 0 N–H and O–H groups in total. The summed E-state index contributed by atoms with van der Waals surface area (Å²) in [5.74, 6) is 4.23. The van der Waals surface area contributed by atoms with Crippen molar-refractivity contribution in [2.45, 2.75) is 91.1 Å². The van der Waals surface area contributed by atoms with Gasteiger partial charge in [-0.15, -0.1) is 0 Å². The molecule has 3 heterocycles. The lowest BCUT2D eigenvalue weighted by Gasteiger charge is -2.28. The highest BCUT2D eigenvalue weighted by Gasteiger charge is 2.49. The molecule has 0 radical (unpaired) electrons. The van der Waals surface area contributed by atoms with Gasteiger partial charge in [0, 0.05) is 0 Å². The first-order valence-electron chi connectivity index (χ1n) is 10.3. The van der Waals surface area contributed by atoms with E-state index >= 15 is 0 Å². The molecule has 0 saturated heterocycles. The highest BCUT2D eigenvalue weighted by atomic mass is 28.3. The third-order valence-electron chi connectivity index (χ3n) is 5.86. The van der Waals surface area contributed by atoms with Crippen LogP contribution in [0.5, 0.6) is 0 Å². The molecule has 0 aliphatic carbocycles. The molecule has 2 aromatic rings. The first-order valence-corrected chi connectivity index (χ1v) is 12.8. The molecule has 0 aromatic carbocycles. The molecule has 0 unspecified atom stereocenters. The van der Waals surface area contributed by atoms with E-state index in [1.165, 1.54) is 73.8 Å². The zero-order valence-corrected chi connectivity index (χ0v) is 17.5. The van der Waals surface area contributed by atoms with Crippen molar-refractivity contribution < 1.29 is 8.83 Å². The highest BCUT2D eigenvalue weighted by molar-refractivity contribution is 7.05. The first-order chi connectivity index (χ1) is 12.1. The monoisotopic (exact) mass is 358 g/mol. The van der Waals surface area contributed by atoms with Crippen LogP contribution in [0, 0.1) is 13.8 Å². The van der Waals surface area contributed by atoms with Crippen LogP contribution >= 0.6 is 0 Å². The summed E-state index contributed by atoms with van der Waals surface area (Å²) in [6.45, 7) is 8.76. The lowest BCUT2D eigenvalue weighted by atomic mass is 10.2. The molecule has 2 aromatic heterocycles. The fourth-order valence-corrected chi connectivity index (χ4v) is 10.1. The van der Waals surface area contributed by atoms with Crippen molar-refractivity contribution >= 4 is 18.4 Å². The van der Waals surface area contributed by atoms with Gasteiger partial charge in [-0.05, 0) is 48.4 Å². The number of hydrogen-bond acceptors (Lipinski definition) is 2. The molecule has 0 spiro atoms. The van der Waals surface area contributed by atoms with Crippen molar-refractivity contribution in [2.24, 2.45) is 0 Å². The Balaban J connectivity index is 1.93. The maximum absolute atomic E-state index is 6.12. The number of unbranched alkanes of at least 4 members (excludes halogenated alkanes) is 6. The normalized spacial score (nSPS) is 14.7. The van der Waals surface area contributed by atoms with E-state index in [0.717, 1.165) is 23.0 Å². The Kier molecular flexibility index (Phi) is 5.93. The lowest BCUT2D eigenvalue weighted by molar-refractivity contribution is 0.497. The van der Waals surface area contributed by atoms with Gasteiger partial charge in [0.25, 0.3) is 0 Å². The Morgan fingerprint density at radius 1 is 0.680 bits per heavy atom. The Labute approximate surface area is 154 Å². The minimum atomic E-state index is -1.72. The van der Waals surface area contributed by atoms with E-state index in [9.17, 15) is 0 Å². The van der Waals surface area contributed by atoms with Gasteiger partial charge in [0.05, 0.1) is 0 Å². The average Bonchev–Trinajstić information content (AvgIpc) is 3.21. The third kappa shape index (κ3) is 3.53. The Morgan fingerprint density at radius 2 is 1.12 bits per heavy atom. The Hall–Kier alpha value is -1.22. The number of fused-ring (bicyclic) bond motifs is 3. The molecule has 3 heteroatoms. The maximum Gasteiger partial charge on any atom is 0.169 e. The lowest BCUT2D eigenvalue weighted by Crippen LogP contribution is -2.54. The summed E-state index contributed by atoms with van der Waals surface area (Å²) in [7, 11) is -1.72. The summed E-state index contributed by atoms with van der Waals surface area (Å²) >= 11 is 0. The molecule has 0 atom stereocenters. The maximum atomic E-state index is 6.12. The molecule has 0 amide bonds. The summed E-state index contributed by atoms with van der Waals surface area (Å²) in [4.78, 5) is 0. The molecule has 2 nitrogen and oxygen atoms in total. The number of aryl methyl sites for hydroxylation is 2. The standard InChI is InChI=1S/C22H34O2Si/c1-5-7-9-11-13-25(14-12-10-8-6-2)19-15-17(3)23-21(19)22-20(25)16-18(4)24-22/h15-16H,5-14H2,1-4H3. The van der Waals surface area contributed by atoms with Crippen LogP contribution in [0.2, 0.25) is 12.1 Å². The fraction of sp³-hybridized carbons (Fsp3) is 0.636. The minimum Gasteiger partial charge on any atom is -0.458 e. The van der Waals surface area contributed by atoms with Crippen LogP contribution in [0.25, 0.3) is 11.5 Å². The van der Waals surface area contributed by atoms with E-state index in [1.54, 1.807) is 0 Å². The van der Waals surface area contributed by atoms with Gasteiger partial charge in [-0.25, -0.2) is 0 Å². The van der Waals surface area contributed by atoms with Gasteiger partial charge in [0.2, 0.25) is 0 Å². The van der Waals surface area contributed by atoms with Crippen LogP contribution < -0.4 is 10.4 Å². The van der Waals surface area contributed by atoms with Gasteiger partial charge in [0.15, 0.2) is 11.5 Å². The van der Waals surface area contributed by atoms with Crippen molar-refractivity contribution in [1.82, 2.24) is 0 Å². The smallest absolute Gasteiger partial charge is 0.169 e. The van der Waals surface area contributed by atoms with Crippen LogP contribution in [0.4, 0.5) is 0 Å². The van der Waals surface area contributed by atoms with Crippen LogP contribution in [-0.2, 0) is 0 Å². The molecule has 3 rings (SSSR count). The number of hydrogen-bond donors (Lipinski definition) is 0. The number of rotatable bonds is 10. The van der Waals surface area contributed by atoms with Gasteiger partial charge in [-0.2, -0.15) is 0 Å². The first kappa shape index (κ1) is 18.6. The summed E-state index contributed by atoms with van der Waals surface area (Å²) in [5, 5.41) is 3.07. The quantitative estimate of drug-likeness (QED) is 0.374. The fourth-order valence-electron chi connectivity index (χ4n) is 4.59. The molecule has 0 bridgehead atoms. The number of furan rings is 2. The second-order valence-corrected chi connectivity index (χ2v) is 12.1. The van der Waals surface area contributed by atoms with E-state index in [4.69, 9.17) is 8.83 Å². The largest absolute Gasteiger partial charge is 0.458 e.